The number of phenolic OH excluding ortho intramolecular Hbond substituents is 1. The van der Waals surface area contributed by atoms with E-state index in [9.17, 15) is 23.9 Å². The molecule has 0 saturated heterocycles. The van der Waals surface area contributed by atoms with Gasteiger partial charge in [-0.2, -0.15) is 0 Å². The molecular weight excluding hydrogens is 407 g/mol. The monoisotopic (exact) mass is 430 g/mol. The predicted octanol–water partition coefficient (Wildman–Crippen LogP) is 4.11. The third-order valence-electron chi connectivity index (χ3n) is 4.49. The Morgan fingerprint density at radius 1 is 1.13 bits per heavy atom. The number of hydrogen-bond donors (Lipinski definition) is 4. The van der Waals surface area contributed by atoms with Crippen molar-refractivity contribution in [2.45, 2.75) is 26.9 Å². The first-order chi connectivity index (χ1) is 14.5. The molecule has 0 radical (unpaired) electrons. The van der Waals surface area contributed by atoms with E-state index in [-0.39, 0.29) is 11.3 Å². The normalized spacial score (nSPS) is 12.3. The Labute approximate surface area is 178 Å². The maximum atomic E-state index is 13.9. The van der Waals surface area contributed by atoms with E-state index < -0.39 is 35.1 Å². The second-order valence-corrected chi connectivity index (χ2v) is 7.39. The highest BCUT2D eigenvalue weighted by molar-refractivity contribution is 5.95. The van der Waals surface area contributed by atoms with Gasteiger partial charge in [-0.05, 0) is 48.9 Å². The smallest absolute Gasteiger partial charge is 0.412 e. The number of hydrogen-bond acceptors (Lipinski definition) is 6. The molecule has 0 heterocycles. The van der Waals surface area contributed by atoms with Crippen molar-refractivity contribution in [3.8, 4) is 5.75 Å². The highest BCUT2D eigenvalue weighted by Gasteiger charge is 2.33. The second kappa shape index (κ2) is 9.86. The lowest BCUT2D eigenvalue weighted by molar-refractivity contribution is -0.124. The van der Waals surface area contributed by atoms with Gasteiger partial charge in [-0.25, -0.2) is 14.7 Å². The topological polar surface area (TPSA) is 125 Å². The van der Waals surface area contributed by atoms with Crippen molar-refractivity contribution in [1.29, 1.82) is 0 Å². The van der Waals surface area contributed by atoms with Crippen LogP contribution in [0.3, 0.4) is 0 Å². The fourth-order valence-electron chi connectivity index (χ4n) is 2.79. The van der Waals surface area contributed by atoms with E-state index in [2.05, 4.69) is 5.32 Å². The number of ether oxygens (including phenoxy) is 1. The minimum Gasteiger partial charge on any atom is -0.505 e. The Kier molecular flexibility index (Phi) is 7.49. The van der Waals surface area contributed by atoms with Gasteiger partial charge in [0.15, 0.2) is 17.3 Å². The van der Waals surface area contributed by atoms with Gasteiger partial charge in [0, 0.05) is 22.7 Å². The molecule has 0 aliphatic rings. The lowest BCUT2D eigenvalue weighted by Gasteiger charge is -2.31. The molecule has 0 saturated carbocycles. The van der Waals surface area contributed by atoms with Gasteiger partial charge >= 0.3 is 6.09 Å². The van der Waals surface area contributed by atoms with Crippen LogP contribution in [0.4, 0.5) is 14.9 Å². The first-order valence-electron chi connectivity index (χ1n) is 9.24. The molecule has 0 aromatic heterocycles. The maximum Gasteiger partial charge on any atom is 0.412 e. The zero-order valence-corrected chi connectivity index (χ0v) is 17.2. The number of halogens is 1. The molecule has 2 aromatic carbocycles. The number of carbonyl (C=O) groups excluding carboxylic acids is 3. The highest BCUT2D eigenvalue weighted by Crippen LogP contribution is 2.39. The SMILES string of the molecule is CC(=O)c1ccc(NC(=O)O[C@H](c2ccc(O)c(F)c2)C(C)(C)/C=C/C(=O)NO)cc1. The first-order valence-corrected chi connectivity index (χ1v) is 9.24. The quantitative estimate of drug-likeness (QED) is 0.227. The van der Waals surface area contributed by atoms with E-state index in [1.165, 1.54) is 36.7 Å². The molecule has 0 aliphatic carbocycles. The van der Waals surface area contributed by atoms with Gasteiger partial charge in [-0.3, -0.25) is 20.1 Å². The van der Waals surface area contributed by atoms with Crippen LogP contribution in [0.2, 0.25) is 0 Å². The van der Waals surface area contributed by atoms with Crippen molar-refractivity contribution < 1.29 is 33.8 Å². The molecule has 0 bridgehead atoms. The van der Waals surface area contributed by atoms with Crippen LogP contribution < -0.4 is 10.8 Å². The van der Waals surface area contributed by atoms with Crippen LogP contribution in [-0.2, 0) is 9.53 Å². The molecule has 0 fully saturated rings. The Morgan fingerprint density at radius 3 is 2.32 bits per heavy atom. The molecular formula is C22H23FN2O6. The Hall–Kier alpha value is -3.72. The second-order valence-electron chi connectivity index (χ2n) is 7.39. The molecule has 2 amide bonds. The predicted molar refractivity (Wildman–Crippen MR) is 110 cm³/mol. The lowest BCUT2D eigenvalue weighted by Crippen LogP contribution is -2.28. The first kappa shape index (κ1) is 23.6. The van der Waals surface area contributed by atoms with Crippen LogP contribution in [-0.4, -0.2) is 28.1 Å². The van der Waals surface area contributed by atoms with Gasteiger partial charge in [-0.15, -0.1) is 0 Å². The summed E-state index contributed by atoms with van der Waals surface area (Å²) in [5, 5.41) is 20.7. The lowest BCUT2D eigenvalue weighted by atomic mass is 9.82. The molecule has 164 valence electrons. The van der Waals surface area contributed by atoms with Crippen molar-refractivity contribution in [2.75, 3.05) is 5.32 Å². The van der Waals surface area contributed by atoms with Crippen molar-refractivity contribution in [1.82, 2.24) is 5.48 Å². The van der Waals surface area contributed by atoms with Gasteiger partial charge in [0.2, 0.25) is 0 Å². The Balaban J connectivity index is 2.29. The molecule has 1 atom stereocenters. The number of aromatic hydroxyl groups is 1. The van der Waals surface area contributed by atoms with Crippen LogP contribution in [0.1, 0.15) is 42.8 Å². The van der Waals surface area contributed by atoms with E-state index in [1.54, 1.807) is 26.0 Å². The Morgan fingerprint density at radius 2 is 1.77 bits per heavy atom. The summed E-state index contributed by atoms with van der Waals surface area (Å²) >= 11 is 0. The standard InChI is InChI=1S/C22H23FN2O6/c1-13(26)14-4-7-16(8-5-14)24-21(29)31-20(15-6-9-18(27)17(23)12-15)22(2,3)11-10-19(28)25-30/h4-12,20,27,30H,1-3H3,(H,24,29)(H,25,28)/b11-10+/t20-/m1/s1. The van der Waals surface area contributed by atoms with Gasteiger partial charge in [0.05, 0.1) is 0 Å². The summed E-state index contributed by atoms with van der Waals surface area (Å²) in [4.78, 5) is 35.3. The number of hydroxylamine groups is 1. The van der Waals surface area contributed by atoms with Crippen LogP contribution in [0.25, 0.3) is 0 Å². The van der Waals surface area contributed by atoms with Crippen molar-refractivity contribution in [3.05, 3.63) is 71.6 Å². The van der Waals surface area contributed by atoms with E-state index in [4.69, 9.17) is 9.94 Å². The number of Topliss-reactive ketones (excluding diaryl/α,β-unsaturated/α-hetero) is 1. The highest BCUT2D eigenvalue weighted by atomic mass is 19.1. The zero-order chi connectivity index (χ0) is 23.2. The Bertz CT molecular complexity index is 1000. The minimum absolute atomic E-state index is 0.121. The summed E-state index contributed by atoms with van der Waals surface area (Å²) < 4.78 is 19.5. The average molecular weight is 430 g/mol. The zero-order valence-electron chi connectivity index (χ0n) is 17.2. The molecule has 9 heteroatoms. The van der Waals surface area contributed by atoms with Gasteiger partial charge in [0.1, 0.15) is 6.10 Å². The van der Waals surface area contributed by atoms with Crippen LogP contribution >= 0.6 is 0 Å². The molecule has 0 spiro atoms. The fourth-order valence-corrected chi connectivity index (χ4v) is 2.79. The number of anilines is 1. The largest absolute Gasteiger partial charge is 0.505 e. The number of benzene rings is 2. The van der Waals surface area contributed by atoms with E-state index in [1.807, 2.05) is 0 Å². The van der Waals surface area contributed by atoms with Crippen molar-refractivity contribution >= 4 is 23.5 Å². The third-order valence-corrected chi connectivity index (χ3v) is 4.49. The molecule has 8 nitrogen and oxygen atoms in total. The van der Waals surface area contributed by atoms with Gasteiger partial charge in [0.25, 0.3) is 5.91 Å². The molecule has 0 unspecified atom stereocenters. The van der Waals surface area contributed by atoms with Gasteiger partial charge < -0.3 is 9.84 Å². The van der Waals surface area contributed by atoms with Gasteiger partial charge in [-0.1, -0.05) is 26.0 Å². The maximum absolute atomic E-state index is 13.9. The molecule has 4 N–H and O–H groups in total. The van der Waals surface area contributed by atoms with Crippen molar-refractivity contribution in [2.24, 2.45) is 5.41 Å². The fraction of sp³-hybridized carbons (Fsp3) is 0.227. The summed E-state index contributed by atoms with van der Waals surface area (Å²) in [5.41, 5.74) is 1.52. The third kappa shape index (κ3) is 6.38. The number of carbonyl (C=O) groups is 3. The van der Waals surface area contributed by atoms with Crippen LogP contribution in [0.15, 0.2) is 54.6 Å². The summed E-state index contributed by atoms with van der Waals surface area (Å²) in [6.45, 7) is 4.70. The summed E-state index contributed by atoms with van der Waals surface area (Å²) in [7, 11) is 0. The van der Waals surface area contributed by atoms with E-state index in [0.29, 0.717) is 11.3 Å². The van der Waals surface area contributed by atoms with E-state index in [0.717, 1.165) is 18.2 Å². The number of rotatable bonds is 7. The number of ketones is 1. The van der Waals surface area contributed by atoms with E-state index >= 15 is 0 Å². The number of amides is 2. The molecule has 0 aliphatic heterocycles. The number of phenols is 1. The number of nitrogens with one attached hydrogen (secondary N) is 2. The molecule has 2 rings (SSSR count). The molecule has 2 aromatic rings. The summed E-state index contributed by atoms with van der Waals surface area (Å²) in [6, 6.07) is 9.69. The summed E-state index contributed by atoms with van der Waals surface area (Å²) in [6.07, 6.45) is 0.512. The average Bonchev–Trinajstić information content (AvgIpc) is 2.72. The van der Waals surface area contributed by atoms with Crippen LogP contribution in [0, 0.1) is 11.2 Å². The molecule has 31 heavy (non-hydrogen) atoms. The van der Waals surface area contributed by atoms with Crippen LogP contribution in [0.5, 0.6) is 5.75 Å². The summed E-state index contributed by atoms with van der Waals surface area (Å²) in [5.74, 6) is -2.38. The van der Waals surface area contributed by atoms with Crippen molar-refractivity contribution in [3.63, 3.8) is 0 Å². The minimum atomic E-state index is -1.07.